The topological polar surface area (TPSA) is 77.2 Å². The van der Waals surface area contributed by atoms with E-state index in [2.05, 4.69) is 10.3 Å². The van der Waals surface area contributed by atoms with Crippen molar-refractivity contribution in [2.24, 2.45) is 5.73 Å². The third kappa shape index (κ3) is 3.42. The van der Waals surface area contributed by atoms with Gasteiger partial charge in [0.05, 0.1) is 6.10 Å². The highest BCUT2D eigenvalue weighted by atomic mass is 16.5. The van der Waals surface area contributed by atoms with E-state index in [1.165, 1.54) is 0 Å². The number of nitrogens with two attached hydrogens (primary N) is 1. The molecule has 0 saturated carbocycles. The predicted molar refractivity (Wildman–Crippen MR) is 63.9 cm³/mol. The van der Waals surface area contributed by atoms with Crippen LogP contribution in [0.15, 0.2) is 18.3 Å². The molecular weight excluding hydrogens is 218 g/mol. The predicted octanol–water partition coefficient (Wildman–Crippen LogP) is 0.701. The van der Waals surface area contributed by atoms with Gasteiger partial charge < -0.3 is 15.8 Å². The number of carbonyl (C=O) groups is 1. The van der Waals surface area contributed by atoms with Crippen molar-refractivity contribution < 1.29 is 9.53 Å². The summed E-state index contributed by atoms with van der Waals surface area (Å²) in [6.07, 6.45) is 4.87. The van der Waals surface area contributed by atoms with Gasteiger partial charge in [0.2, 0.25) is 0 Å². The fourth-order valence-corrected chi connectivity index (χ4v) is 1.92. The SMILES string of the molecule is NC(=O)c1cc(OC2CCCNCC2)ccn1. The summed E-state index contributed by atoms with van der Waals surface area (Å²) in [6.45, 7) is 2.02. The first kappa shape index (κ1) is 11.9. The van der Waals surface area contributed by atoms with Crippen LogP contribution in [0.2, 0.25) is 0 Å². The Labute approximate surface area is 100 Å². The molecule has 1 amide bonds. The lowest BCUT2D eigenvalue weighted by Gasteiger charge is -2.16. The summed E-state index contributed by atoms with van der Waals surface area (Å²) < 4.78 is 5.84. The van der Waals surface area contributed by atoms with E-state index in [-0.39, 0.29) is 11.8 Å². The highest BCUT2D eigenvalue weighted by Crippen LogP contribution is 2.17. The average molecular weight is 235 g/mol. The lowest BCUT2D eigenvalue weighted by atomic mass is 10.1. The highest BCUT2D eigenvalue weighted by molar-refractivity contribution is 5.91. The second-order valence-electron chi connectivity index (χ2n) is 4.16. The molecular formula is C12H17N3O2. The molecule has 5 nitrogen and oxygen atoms in total. The number of ether oxygens (including phenoxy) is 1. The number of primary amides is 1. The Bertz CT molecular complexity index is 387. The van der Waals surface area contributed by atoms with Gasteiger partial charge >= 0.3 is 0 Å². The number of amides is 1. The number of hydrogen-bond donors (Lipinski definition) is 2. The fraction of sp³-hybridized carbons (Fsp3) is 0.500. The molecule has 1 saturated heterocycles. The van der Waals surface area contributed by atoms with Crippen molar-refractivity contribution in [2.75, 3.05) is 13.1 Å². The van der Waals surface area contributed by atoms with Crippen LogP contribution in [-0.2, 0) is 0 Å². The van der Waals surface area contributed by atoms with Crippen LogP contribution in [0.25, 0.3) is 0 Å². The number of pyridine rings is 1. The van der Waals surface area contributed by atoms with E-state index >= 15 is 0 Å². The maximum Gasteiger partial charge on any atom is 0.267 e. The number of nitrogens with zero attached hydrogens (tertiary/aromatic N) is 1. The summed E-state index contributed by atoms with van der Waals surface area (Å²) >= 11 is 0. The maximum absolute atomic E-state index is 11.0. The van der Waals surface area contributed by atoms with Crippen LogP contribution in [-0.4, -0.2) is 30.1 Å². The van der Waals surface area contributed by atoms with Crippen molar-refractivity contribution in [3.63, 3.8) is 0 Å². The van der Waals surface area contributed by atoms with E-state index in [4.69, 9.17) is 10.5 Å². The lowest BCUT2D eigenvalue weighted by molar-refractivity contribution is 0.0994. The maximum atomic E-state index is 11.0. The normalized spacial score (nSPS) is 20.6. The van der Waals surface area contributed by atoms with E-state index in [1.807, 2.05) is 0 Å². The van der Waals surface area contributed by atoms with Gasteiger partial charge in [0, 0.05) is 12.3 Å². The summed E-state index contributed by atoms with van der Waals surface area (Å²) in [6, 6.07) is 3.35. The van der Waals surface area contributed by atoms with Crippen LogP contribution in [0.5, 0.6) is 5.75 Å². The molecule has 17 heavy (non-hydrogen) atoms. The van der Waals surface area contributed by atoms with E-state index < -0.39 is 5.91 Å². The summed E-state index contributed by atoms with van der Waals surface area (Å²) in [4.78, 5) is 14.9. The van der Waals surface area contributed by atoms with Crippen LogP contribution in [0.1, 0.15) is 29.8 Å². The van der Waals surface area contributed by atoms with E-state index in [9.17, 15) is 4.79 Å². The van der Waals surface area contributed by atoms with Gasteiger partial charge in [-0.25, -0.2) is 0 Å². The summed E-state index contributed by atoms with van der Waals surface area (Å²) in [5, 5.41) is 3.33. The molecule has 3 N–H and O–H groups in total. The largest absolute Gasteiger partial charge is 0.490 e. The minimum absolute atomic E-state index is 0.202. The molecule has 1 unspecified atom stereocenters. The first-order chi connectivity index (χ1) is 8.25. The first-order valence-corrected chi connectivity index (χ1v) is 5.89. The van der Waals surface area contributed by atoms with Crippen molar-refractivity contribution in [1.29, 1.82) is 0 Å². The van der Waals surface area contributed by atoms with Gasteiger partial charge in [-0.2, -0.15) is 0 Å². The van der Waals surface area contributed by atoms with Gasteiger partial charge in [-0.15, -0.1) is 0 Å². The second kappa shape index (κ2) is 5.63. The third-order valence-corrected chi connectivity index (χ3v) is 2.81. The van der Waals surface area contributed by atoms with E-state index in [0.29, 0.717) is 5.75 Å². The monoisotopic (exact) mass is 235 g/mol. The first-order valence-electron chi connectivity index (χ1n) is 5.89. The highest BCUT2D eigenvalue weighted by Gasteiger charge is 2.14. The van der Waals surface area contributed by atoms with Crippen molar-refractivity contribution in [3.05, 3.63) is 24.0 Å². The zero-order valence-electron chi connectivity index (χ0n) is 9.69. The Kier molecular flexibility index (Phi) is 3.93. The molecule has 1 atom stereocenters. The van der Waals surface area contributed by atoms with Gasteiger partial charge in [0.1, 0.15) is 11.4 Å². The molecule has 5 heteroatoms. The molecule has 1 fully saturated rings. The molecule has 0 radical (unpaired) electrons. The number of rotatable bonds is 3. The molecule has 1 aliphatic heterocycles. The molecule has 1 aliphatic rings. The van der Waals surface area contributed by atoms with Crippen LogP contribution in [0.3, 0.4) is 0 Å². The minimum Gasteiger partial charge on any atom is -0.490 e. The van der Waals surface area contributed by atoms with Crippen molar-refractivity contribution in [3.8, 4) is 5.75 Å². The molecule has 2 heterocycles. The van der Waals surface area contributed by atoms with Gasteiger partial charge in [-0.1, -0.05) is 0 Å². The third-order valence-electron chi connectivity index (χ3n) is 2.81. The van der Waals surface area contributed by atoms with E-state index in [0.717, 1.165) is 32.4 Å². The summed E-state index contributed by atoms with van der Waals surface area (Å²) in [5.41, 5.74) is 5.42. The van der Waals surface area contributed by atoms with E-state index in [1.54, 1.807) is 18.3 Å². The number of aromatic nitrogens is 1. The van der Waals surface area contributed by atoms with Crippen LogP contribution >= 0.6 is 0 Å². The Morgan fingerprint density at radius 2 is 2.35 bits per heavy atom. The van der Waals surface area contributed by atoms with Crippen LogP contribution in [0.4, 0.5) is 0 Å². The minimum atomic E-state index is -0.530. The lowest BCUT2D eigenvalue weighted by Crippen LogP contribution is -2.20. The molecule has 0 aliphatic carbocycles. The van der Waals surface area contributed by atoms with Gasteiger partial charge in [-0.05, 0) is 38.4 Å². The molecule has 1 aromatic rings. The average Bonchev–Trinajstić information content (AvgIpc) is 2.58. The number of hydrogen-bond acceptors (Lipinski definition) is 4. The molecule has 2 rings (SSSR count). The Morgan fingerprint density at radius 1 is 1.47 bits per heavy atom. The van der Waals surface area contributed by atoms with Gasteiger partial charge in [0.15, 0.2) is 0 Å². The quantitative estimate of drug-likeness (QED) is 0.808. The molecule has 0 spiro atoms. The van der Waals surface area contributed by atoms with Gasteiger partial charge in [-0.3, -0.25) is 9.78 Å². The molecule has 0 aromatic carbocycles. The zero-order chi connectivity index (χ0) is 12.1. The molecule has 1 aromatic heterocycles. The van der Waals surface area contributed by atoms with Crippen LogP contribution in [0, 0.1) is 0 Å². The Balaban J connectivity index is 2.01. The standard InChI is InChI=1S/C12H17N3O2/c13-12(16)11-8-10(4-7-15-11)17-9-2-1-5-14-6-3-9/h4,7-9,14H,1-3,5-6H2,(H2,13,16). The van der Waals surface area contributed by atoms with Gasteiger partial charge in [0.25, 0.3) is 5.91 Å². The fourth-order valence-electron chi connectivity index (χ4n) is 1.92. The summed E-state index contributed by atoms with van der Waals surface area (Å²) in [5.74, 6) is 0.138. The Hall–Kier alpha value is -1.62. The zero-order valence-corrected chi connectivity index (χ0v) is 9.69. The summed E-state index contributed by atoms with van der Waals surface area (Å²) in [7, 11) is 0. The van der Waals surface area contributed by atoms with Crippen molar-refractivity contribution in [2.45, 2.75) is 25.4 Å². The van der Waals surface area contributed by atoms with Crippen molar-refractivity contribution in [1.82, 2.24) is 10.3 Å². The number of carbonyl (C=O) groups excluding carboxylic acids is 1. The Morgan fingerprint density at radius 3 is 3.18 bits per heavy atom. The molecule has 92 valence electrons. The number of nitrogens with one attached hydrogen (secondary N) is 1. The molecule has 0 bridgehead atoms. The van der Waals surface area contributed by atoms with Crippen molar-refractivity contribution >= 4 is 5.91 Å². The van der Waals surface area contributed by atoms with Crippen LogP contribution < -0.4 is 15.8 Å². The second-order valence-corrected chi connectivity index (χ2v) is 4.16. The smallest absolute Gasteiger partial charge is 0.267 e.